The van der Waals surface area contributed by atoms with Crippen molar-refractivity contribution in [3.63, 3.8) is 0 Å². The summed E-state index contributed by atoms with van der Waals surface area (Å²) in [6, 6.07) is 5.02. The second-order valence-electron chi connectivity index (χ2n) is 4.30. The Kier molecular flexibility index (Phi) is 6.84. The highest BCUT2D eigenvalue weighted by Crippen LogP contribution is 2.52. The fraction of sp³-hybridized carbons (Fsp3) is 0.615. The number of unbranched alkanes of at least 4 members (excludes halogenated alkanes) is 3. The van der Waals surface area contributed by atoms with E-state index in [1.165, 1.54) is 6.20 Å². The van der Waals surface area contributed by atoms with Gasteiger partial charge < -0.3 is 0 Å². The van der Waals surface area contributed by atoms with Crippen molar-refractivity contribution >= 4 is 35.0 Å². The van der Waals surface area contributed by atoms with Crippen molar-refractivity contribution in [1.29, 1.82) is 0 Å². The van der Waals surface area contributed by atoms with Crippen molar-refractivity contribution in [3.05, 3.63) is 24.4 Å². The molecule has 0 aromatic carbocycles. The molecule has 0 aliphatic rings. The number of halogens is 4. The number of aromatic nitrogens is 1. The van der Waals surface area contributed by atoms with Crippen LogP contribution in [0.15, 0.2) is 29.4 Å². The van der Waals surface area contributed by atoms with Gasteiger partial charge in [0.15, 0.2) is 0 Å². The monoisotopic (exact) mass is 327 g/mol. The van der Waals surface area contributed by atoms with Crippen LogP contribution < -0.4 is 0 Å². The lowest BCUT2D eigenvalue weighted by atomic mass is 10.1. The molecule has 1 nitrogen and oxygen atoms in total. The van der Waals surface area contributed by atoms with Crippen molar-refractivity contribution in [2.75, 3.05) is 0 Å². The smallest absolute Gasteiger partial charge is 0.250 e. The van der Waals surface area contributed by atoms with E-state index >= 15 is 0 Å². The van der Waals surface area contributed by atoms with E-state index in [-0.39, 0.29) is 6.42 Å². The maximum atomic E-state index is 14.0. The SMILES string of the molecule is CCCCCCC(F)(F)C(Cl)(Cl)Sc1ccccn1. The number of hydrogen-bond donors (Lipinski definition) is 0. The van der Waals surface area contributed by atoms with Gasteiger partial charge in [-0.3, -0.25) is 0 Å². The minimum absolute atomic E-state index is 0.306. The van der Waals surface area contributed by atoms with Crippen LogP contribution >= 0.6 is 35.0 Å². The topological polar surface area (TPSA) is 12.9 Å². The lowest BCUT2D eigenvalue weighted by Gasteiger charge is -2.28. The molecular formula is C13H17Cl2F2NS. The van der Waals surface area contributed by atoms with Gasteiger partial charge >= 0.3 is 0 Å². The standard InChI is InChI=1S/C13H17Cl2F2NS/c1-2-3-4-6-9-12(16,17)13(14,15)19-11-8-5-7-10-18-11/h5,7-8,10H,2-4,6,9H2,1H3. The van der Waals surface area contributed by atoms with Gasteiger partial charge in [-0.25, -0.2) is 13.8 Å². The molecule has 6 heteroatoms. The highest BCUT2D eigenvalue weighted by Gasteiger charge is 2.52. The first-order valence-electron chi connectivity index (χ1n) is 6.25. The zero-order valence-corrected chi connectivity index (χ0v) is 13.0. The largest absolute Gasteiger partial charge is 0.290 e. The van der Waals surface area contributed by atoms with Crippen LogP contribution in [0.3, 0.4) is 0 Å². The highest BCUT2D eigenvalue weighted by atomic mass is 35.5. The van der Waals surface area contributed by atoms with E-state index in [4.69, 9.17) is 23.2 Å². The van der Waals surface area contributed by atoms with Gasteiger partial charge in [-0.05, 0) is 18.6 Å². The first-order chi connectivity index (χ1) is 8.89. The second kappa shape index (κ2) is 7.65. The molecule has 0 aliphatic carbocycles. The number of alkyl halides is 4. The van der Waals surface area contributed by atoms with Crippen LogP contribution in [-0.2, 0) is 0 Å². The molecule has 1 aromatic heterocycles. The zero-order chi connectivity index (χ0) is 14.4. The fourth-order valence-electron chi connectivity index (χ4n) is 1.53. The van der Waals surface area contributed by atoms with Gasteiger partial charge in [0.1, 0.15) is 0 Å². The van der Waals surface area contributed by atoms with Crippen molar-refractivity contribution in [3.8, 4) is 0 Å². The molecule has 108 valence electrons. The third-order valence-electron chi connectivity index (χ3n) is 2.64. The summed E-state index contributed by atoms with van der Waals surface area (Å²) >= 11 is 12.3. The molecule has 0 amide bonds. The van der Waals surface area contributed by atoms with Crippen LogP contribution in [0.1, 0.15) is 39.0 Å². The van der Waals surface area contributed by atoms with Crippen LogP contribution in [0.2, 0.25) is 0 Å². The first-order valence-corrected chi connectivity index (χ1v) is 7.82. The Morgan fingerprint density at radius 1 is 1.21 bits per heavy atom. The molecule has 0 saturated heterocycles. The summed E-state index contributed by atoms with van der Waals surface area (Å²) in [5.74, 6) is -3.15. The molecule has 19 heavy (non-hydrogen) atoms. The van der Waals surface area contributed by atoms with Crippen LogP contribution in [0.5, 0.6) is 0 Å². The number of hydrogen-bond acceptors (Lipinski definition) is 2. The quantitative estimate of drug-likeness (QED) is 0.334. The summed E-state index contributed by atoms with van der Waals surface area (Å²) in [6.07, 6.45) is 4.35. The summed E-state index contributed by atoms with van der Waals surface area (Å²) in [5, 5.41) is 0.390. The minimum Gasteiger partial charge on any atom is -0.250 e. The Bertz CT molecular complexity index is 374. The zero-order valence-electron chi connectivity index (χ0n) is 10.7. The van der Waals surface area contributed by atoms with Crippen LogP contribution in [0.4, 0.5) is 8.78 Å². The Morgan fingerprint density at radius 3 is 2.53 bits per heavy atom. The average Bonchev–Trinajstić information content (AvgIpc) is 2.35. The molecule has 0 spiro atoms. The summed E-state index contributed by atoms with van der Waals surface area (Å²) in [7, 11) is 0. The Balaban J connectivity index is 2.58. The van der Waals surface area contributed by atoms with E-state index in [0.29, 0.717) is 23.2 Å². The molecule has 0 fully saturated rings. The number of pyridine rings is 1. The molecule has 0 bridgehead atoms. The van der Waals surface area contributed by atoms with Crippen LogP contribution in [0.25, 0.3) is 0 Å². The molecule has 0 aliphatic heterocycles. The first kappa shape index (κ1) is 17.0. The Morgan fingerprint density at radius 2 is 1.95 bits per heavy atom. The third kappa shape index (κ3) is 5.44. The normalized spacial score (nSPS) is 12.7. The van der Waals surface area contributed by atoms with Gasteiger partial charge in [-0.15, -0.1) is 0 Å². The predicted molar refractivity (Wildman–Crippen MR) is 78.2 cm³/mol. The van der Waals surface area contributed by atoms with E-state index in [2.05, 4.69) is 4.98 Å². The molecular weight excluding hydrogens is 311 g/mol. The predicted octanol–water partition coefficient (Wildman–Crippen LogP) is 5.91. The molecule has 0 N–H and O–H groups in total. The molecule has 1 aromatic rings. The maximum absolute atomic E-state index is 14.0. The lowest BCUT2D eigenvalue weighted by molar-refractivity contribution is -0.00408. The second-order valence-corrected chi connectivity index (χ2v) is 7.31. The maximum Gasteiger partial charge on any atom is 0.290 e. The van der Waals surface area contributed by atoms with Gasteiger partial charge in [-0.2, -0.15) is 0 Å². The molecule has 0 radical (unpaired) electrons. The van der Waals surface area contributed by atoms with Crippen molar-refractivity contribution in [1.82, 2.24) is 4.98 Å². The van der Waals surface area contributed by atoms with Crippen molar-refractivity contribution < 1.29 is 8.78 Å². The average molecular weight is 328 g/mol. The number of rotatable bonds is 8. The van der Waals surface area contributed by atoms with Crippen LogP contribution in [-0.4, -0.2) is 14.6 Å². The van der Waals surface area contributed by atoms with Gasteiger partial charge in [0.25, 0.3) is 5.92 Å². The summed E-state index contributed by atoms with van der Waals surface area (Å²) in [5.41, 5.74) is 0. The van der Waals surface area contributed by atoms with E-state index in [0.717, 1.165) is 19.3 Å². The van der Waals surface area contributed by atoms with E-state index in [9.17, 15) is 8.78 Å². The molecule has 0 saturated carbocycles. The third-order valence-corrected chi connectivity index (χ3v) is 4.66. The Labute approximate surface area is 127 Å². The van der Waals surface area contributed by atoms with E-state index in [1.807, 2.05) is 6.92 Å². The molecule has 0 atom stereocenters. The fourth-order valence-corrected chi connectivity index (χ4v) is 2.97. The van der Waals surface area contributed by atoms with Crippen molar-refractivity contribution in [2.24, 2.45) is 0 Å². The van der Waals surface area contributed by atoms with Crippen LogP contribution in [0, 0.1) is 0 Å². The van der Waals surface area contributed by atoms with E-state index < -0.39 is 9.59 Å². The van der Waals surface area contributed by atoms with Crippen molar-refractivity contribution in [2.45, 2.75) is 53.6 Å². The minimum atomic E-state index is -3.15. The Hall–Kier alpha value is -0.0600. The lowest BCUT2D eigenvalue weighted by Crippen LogP contribution is -2.35. The van der Waals surface area contributed by atoms with Gasteiger partial charge in [0, 0.05) is 12.6 Å². The molecule has 0 unspecified atom stereocenters. The summed E-state index contributed by atoms with van der Waals surface area (Å²) in [4.78, 5) is 3.95. The van der Waals surface area contributed by atoms with Gasteiger partial charge in [-0.1, -0.05) is 67.2 Å². The highest BCUT2D eigenvalue weighted by molar-refractivity contribution is 8.03. The summed E-state index contributed by atoms with van der Waals surface area (Å²) < 4.78 is 25.8. The number of nitrogens with zero attached hydrogens (tertiary/aromatic N) is 1. The molecule has 1 rings (SSSR count). The van der Waals surface area contributed by atoms with Gasteiger partial charge in [0.05, 0.1) is 5.03 Å². The van der Waals surface area contributed by atoms with Gasteiger partial charge in [0.2, 0.25) is 3.67 Å². The number of thioether (sulfide) groups is 1. The van der Waals surface area contributed by atoms with E-state index in [1.54, 1.807) is 18.2 Å². The molecule has 1 heterocycles. The summed E-state index contributed by atoms with van der Waals surface area (Å²) in [6.45, 7) is 2.03.